The first-order chi connectivity index (χ1) is 7.87. The van der Waals surface area contributed by atoms with Crippen molar-refractivity contribution in [1.82, 2.24) is 0 Å². The van der Waals surface area contributed by atoms with Crippen molar-refractivity contribution in [1.29, 1.82) is 0 Å². The molecule has 1 aromatic carbocycles. The molecular formula is C12H16ClF2NO2. The van der Waals surface area contributed by atoms with Crippen molar-refractivity contribution in [2.24, 2.45) is 11.7 Å². The zero-order valence-corrected chi connectivity index (χ0v) is 11.0. The largest absolute Gasteiger partial charge is 0.586 e. The van der Waals surface area contributed by atoms with Crippen molar-refractivity contribution < 1.29 is 18.3 Å². The number of benzene rings is 1. The number of hydrogen-bond acceptors (Lipinski definition) is 3. The average molecular weight is 280 g/mol. The lowest BCUT2D eigenvalue weighted by Gasteiger charge is -2.14. The third-order valence-corrected chi connectivity index (χ3v) is 2.58. The van der Waals surface area contributed by atoms with Gasteiger partial charge in [-0.15, -0.1) is 21.2 Å². The van der Waals surface area contributed by atoms with Crippen LogP contribution in [-0.4, -0.2) is 6.29 Å². The highest BCUT2D eigenvalue weighted by Crippen LogP contribution is 2.42. The summed E-state index contributed by atoms with van der Waals surface area (Å²) in [5.41, 5.74) is 6.75. The van der Waals surface area contributed by atoms with Crippen LogP contribution >= 0.6 is 12.4 Å². The molecule has 0 saturated heterocycles. The van der Waals surface area contributed by atoms with E-state index >= 15 is 0 Å². The third kappa shape index (κ3) is 3.23. The van der Waals surface area contributed by atoms with Crippen LogP contribution in [-0.2, 0) is 0 Å². The van der Waals surface area contributed by atoms with Crippen LogP contribution in [0.15, 0.2) is 18.2 Å². The molecule has 0 aromatic heterocycles. The molecule has 0 bridgehead atoms. The molecule has 6 heteroatoms. The Morgan fingerprint density at radius 1 is 1.22 bits per heavy atom. The number of hydrogen-bond donors (Lipinski definition) is 1. The molecule has 1 aliphatic rings. The van der Waals surface area contributed by atoms with E-state index in [0.717, 1.165) is 12.0 Å². The molecule has 1 aromatic rings. The summed E-state index contributed by atoms with van der Waals surface area (Å²) in [5, 5.41) is 0. The van der Waals surface area contributed by atoms with E-state index in [1.807, 2.05) is 0 Å². The Balaban J connectivity index is 0.00000162. The van der Waals surface area contributed by atoms with Crippen LogP contribution in [0.5, 0.6) is 11.5 Å². The zero-order valence-electron chi connectivity index (χ0n) is 10.2. The molecule has 0 saturated carbocycles. The van der Waals surface area contributed by atoms with Gasteiger partial charge in [-0.3, -0.25) is 0 Å². The lowest BCUT2D eigenvalue weighted by molar-refractivity contribution is -0.286. The maximum Gasteiger partial charge on any atom is 0.586 e. The standard InChI is InChI=1S/C12H15F2NO2.ClH/c1-7(2)5-9(15)8-3-4-10-11(6-8)17-12(13,14)16-10;/h3-4,6-7,9H,5,15H2,1-2H3;1H/t9-;/m0./s1. The molecule has 18 heavy (non-hydrogen) atoms. The minimum atomic E-state index is -3.57. The molecule has 2 N–H and O–H groups in total. The van der Waals surface area contributed by atoms with Crippen LogP contribution in [0.2, 0.25) is 0 Å². The molecule has 102 valence electrons. The number of fused-ring (bicyclic) bond motifs is 1. The third-order valence-electron chi connectivity index (χ3n) is 2.58. The molecule has 0 fully saturated rings. The van der Waals surface area contributed by atoms with Gasteiger partial charge >= 0.3 is 6.29 Å². The Kier molecular flexibility index (Phi) is 4.40. The van der Waals surface area contributed by atoms with Gasteiger partial charge in [0.2, 0.25) is 0 Å². The van der Waals surface area contributed by atoms with Crippen molar-refractivity contribution >= 4 is 12.4 Å². The van der Waals surface area contributed by atoms with E-state index in [2.05, 4.69) is 23.3 Å². The molecular weight excluding hydrogens is 264 g/mol. The van der Waals surface area contributed by atoms with Crippen LogP contribution in [0.3, 0.4) is 0 Å². The van der Waals surface area contributed by atoms with E-state index in [0.29, 0.717) is 5.92 Å². The molecule has 0 spiro atoms. The van der Waals surface area contributed by atoms with E-state index < -0.39 is 6.29 Å². The van der Waals surface area contributed by atoms with Gasteiger partial charge in [0.1, 0.15) is 0 Å². The Morgan fingerprint density at radius 3 is 2.44 bits per heavy atom. The zero-order chi connectivity index (χ0) is 12.6. The second-order valence-corrected chi connectivity index (χ2v) is 4.61. The van der Waals surface area contributed by atoms with Gasteiger partial charge in [0.05, 0.1) is 0 Å². The van der Waals surface area contributed by atoms with E-state index in [1.54, 1.807) is 6.07 Å². The van der Waals surface area contributed by atoms with Gasteiger partial charge in [-0.1, -0.05) is 19.9 Å². The topological polar surface area (TPSA) is 44.5 Å². The predicted octanol–water partition coefficient (Wildman–Crippen LogP) is 3.48. The highest BCUT2D eigenvalue weighted by atomic mass is 35.5. The molecule has 0 amide bonds. The quantitative estimate of drug-likeness (QED) is 0.921. The van der Waals surface area contributed by atoms with Crippen molar-refractivity contribution in [3.63, 3.8) is 0 Å². The summed E-state index contributed by atoms with van der Waals surface area (Å²) in [4.78, 5) is 0. The number of alkyl halides is 2. The van der Waals surface area contributed by atoms with Crippen molar-refractivity contribution in [2.75, 3.05) is 0 Å². The highest BCUT2D eigenvalue weighted by molar-refractivity contribution is 5.85. The summed E-state index contributed by atoms with van der Waals surface area (Å²) in [6.07, 6.45) is -2.78. The molecule has 0 aliphatic carbocycles. The number of rotatable bonds is 3. The first-order valence-corrected chi connectivity index (χ1v) is 5.53. The second kappa shape index (κ2) is 5.28. The lowest BCUT2D eigenvalue weighted by Crippen LogP contribution is -2.25. The van der Waals surface area contributed by atoms with Gasteiger partial charge in [-0.2, -0.15) is 0 Å². The van der Waals surface area contributed by atoms with Crippen LogP contribution in [0, 0.1) is 5.92 Å². The molecule has 1 heterocycles. The fourth-order valence-electron chi connectivity index (χ4n) is 1.84. The Bertz CT molecular complexity index is 427. The van der Waals surface area contributed by atoms with Crippen molar-refractivity contribution in [2.45, 2.75) is 32.6 Å². The maximum absolute atomic E-state index is 12.8. The Labute approximate surface area is 111 Å². The van der Waals surface area contributed by atoms with E-state index in [4.69, 9.17) is 5.73 Å². The highest BCUT2D eigenvalue weighted by Gasteiger charge is 2.43. The van der Waals surface area contributed by atoms with Crippen LogP contribution in [0.1, 0.15) is 31.9 Å². The van der Waals surface area contributed by atoms with Gasteiger partial charge in [0, 0.05) is 6.04 Å². The molecule has 0 unspecified atom stereocenters. The van der Waals surface area contributed by atoms with E-state index in [9.17, 15) is 8.78 Å². The van der Waals surface area contributed by atoms with Crippen LogP contribution < -0.4 is 15.2 Å². The summed E-state index contributed by atoms with van der Waals surface area (Å²) in [5.74, 6) is 0.541. The summed E-state index contributed by atoms with van der Waals surface area (Å²) < 4.78 is 34.3. The Morgan fingerprint density at radius 2 is 1.83 bits per heavy atom. The number of nitrogens with two attached hydrogens (primary N) is 1. The lowest BCUT2D eigenvalue weighted by atomic mass is 9.98. The van der Waals surface area contributed by atoms with Gasteiger partial charge in [-0.05, 0) is 30.0 Å². The minimum absolute atomic E-state index is 0. The fraction of sp³-hybridized carbons (Fsp3) is 0.500. The fourth-order valence-corrected chi connectivity index (χ4v) is 1.84. The summed E-state index contributed by atoms with van der Waals surface area (Å²) in [6, 6.07) is 4.49. The second-order valence-electron chi connectivity index (χ2n) is 4.61. The monoisotopic (exact) mass is 279 g/mol. The van der Waals surface area contributed by atoms with Gasteiger partial charge in [0.25, 0.3) is 0 Å². The van der Waals surface area contributed by atoms with Gasteiger partial charge < -0.3 is 15.2 Å². The number of ether oxygens (including phenoxy) is 2. The maximum atomic E-state index is 12.8. The molecule has 1 atom stereocenters. The summed E-state index contributed by atoms with van der Waals surface area (Å²) >= 11 is 0. The van der Waals surface area contributed by atoms with Crippen LogP contribution in [0.4, 0.5) is 8.78 Å². The average Bonchev–Trinajstić information content (AvgIpc) is 2.48. The smallest absolute Gasteiger partial charge is 0.395 e. The van der Waals surface area contributed by atoms with Crippen LogP contribution in [0.25, 0.3) is 0 Å². The van der Waals surface area contributed by atoms with E-state index in [1.165, 1.54) is 12.1 Å². The Hall–Kier alpha value is -1.07. The van der Waals surface area contributed by atoms with E-state index in [-0.39, 0.29) is 29.9 Å². The molecule has 0 radical (unpaired) electrons. The number of halogens is 3. The van der Waals surface area contributed by atoms with Gasteiger partial charge in [0.15, 0.2) is 11.5 Å². The summed E-state index contributed by atoms with van der Waals surface area (Å²) in [6.45, 7) is 4.11. The van der Waals surface area contributed by atoms with Crippen molar-refractivity contribution in [3.05, 3.63) is 23.8 Å². The van der Waals surface area contributed by atoms with Gasteiger partial charge in [-0.25, -0.2) is 0 Å². The normalized spacial score (nSPS) is 17.4. The van der Waals surface area contributed by atoms with Crippen molar-refractivity contribution in [3.8, 4) is 11.5 Å². The SMILES string of the molecule is CC(C)C[C@H](N)c1ccc2c(c1)OC(F)(F)O2.Cl. The molecule has 2 rings (SSSR count). The minimum Gasteiger partial charge on any atom is -0.395 e. The molecule has 1 aliphatic heterocycles. The first kappa shape index (κ1) is 15.0. The molecule has 3 nitrogen and oxygen atoms in total. The first-order valence-electron chi connectivity index (χ1n) is 5.53. The summed E-state index contributed by atoms with van der Waals surface area (Å²) in [7, 11) is 0. The predicted molar refractivity (Wildman–Crippen MR) is 66.3 cm³/mol.